The number of Topliss-reactive ketones (excluding diaryl/α,β-unsaturated/α-hetero) is 1. The highest BCUT2D eigenvalue weighted by Gasteiger charge is 2.32. The van der Waals surface area contributed by atoms with Crippen molar-refractivity contribution in [3.63, 3.8) is 0 Å². The van der Waals surface area contributed by atoms with Crippen molar-refractivity contribution in [2.75, 3.05) is 0 Å². The first kappa shape index (κ1) is 13.1. The number of halogens is 3. The van der Waals surface area contributed by atoms with E-state index in [1.54, 1.807) is 0 Å². The van der Waals surface area contributed by atoms with Crippen LogP contribution in [0.3, 0.4) is 0 Å². The van der Waals surface area contributed by atoms with Gasteiger partial charge in [0, 0.05) is 11.8 Å². The van der Waals surface area contributed by atoms with E-state index < -0.39 is 29.5 Å². The van der Waals surface area contributed by atoms with Gasteiger partial charge in [-0.25, -0.2) is 0 Å². The number of carbonyl (C=O) groups is 2. The third kappa shape index (κ3) is 3.02. The van der Waals surface area contributed by atoms with Crippen molar-refractivity contribution in [1.82, 2.24) is 4.98 Å². The Morgan fingerprint density at radius 3 is 2.29 bits per heavy atom. The molecule has 1 aromatic rings. The van der Waals surface area contributed by atoms with Crippen molar-refractivity contribution in [2.24, 2.45) is 5.92 Å². The minimum atomic E-state index is -4.58. The molecule has 1 unspecified atom stereocenters. The number of rotatable bonds is 3. The molecule has 0 amide bonds. The highest BCUT2D eigenvalue weighted by Crippen LogP contribution is 2.27. The molecule has 0 aliphatic carbocycles. The SMILES string of the molecule is CC(C(=O)O)C(=O)c1ccc(C(F)(F)F)nc1. The summed E-state index contributed by atoms with van der Waals surface area (Å²) in [5, 5.41) is 8.58. The van der Waals surface area contributed by atoms with Crippen LogP contribution in [0.1, 0.15) is 23.0 Å². The Bertz CT molecular complexity index is 439. The molecule has 1 rings (SSSR count). The van der Waals surface area contributed by atoms with Gasteiger partial charge >= 0.3 is 12.1 Å². The van der Waals surface area contributed by atoms with Crippen LogP contribution in [0.25, 0.3) is 0 Å². The molecular formula is C10H8F3NO3. The lowest BCUT2D eigenvalue weighted by Gasteiger charge is -2.07. The highest BCUT2D eigenvalue weighted by molar-refractivity contribution is 6.07. The molecule has 0 aromatic carbocycles. The largest absolute Gasteiger partial charge is 0.481 e. The van der Waals surface area contributed by atoms with E-state index in [4.69, 9.17) is 5.11 Å². The Balaban J connectivity index is 2.96. The van der Waals surface area contributed by atoms with Crippen molar-refractivity contribution >= 4 is 11.8 Å². The van der Waals surface area contributed by atoms with Gasteiger partial charge in [0.25, 0.3) is 0 Å². The number of carboxylic acids is 1. The van der Waals surface area contributed by atoms with Crippen LogP contribution in [0.5, 0.6) is 0 Å². The molecule has 92 valence electrons. The van der Waals surface area contributed by atoms with E-state index in [0.29, 0.717) is 6.07 Å². The summed E-state index contributed by atoms with van der Waals surface area (Å²) in [6.07, 6.45) is -3.86. The molecule has 0 aliphatic rings. The Hall–Kier alpha value is -1.92. The number of carboxylic acid groups (broad SMARTS) is 1. The predicted molar refractivity (Wildman–Crippen MR) is 50.4 cm³/mol. The molecule has 7 heteroatoms. The summed E-state index contributed by atoms with van der Waals surface area (Å²) < 4.78 is 36.5. The van der Waals surface area contributed by atoms with Gasteiger partial charge in [0.05, 0.1) is 0 Å². The summed E-state index contributed by atoms with van der Waals surface area (Å²) in [4.78, 5) is 25.0. The highest BCUT2D eigenvalue weighted by atomic mass is 19.4. The number of hydrogen-bond donors (Lipinski definition) is 1. The number of alkyl halides is 3. The summed E-state index contributed by atoms with van der Waals surface area (Å²) in [6, 6.07) is 1.55. The molecule has 0 saturated heterocycles. The molecule has 1 aromatic heterocycles. The summed E-state index contributed by atoms with van der Waals surface area (Å²) >= 11 is 0. The predicted octanol–water partition coefficient (Wildman–Crippen LogP) is 2.00. The van der Waals surface area contributed by atoms with Crippen LogP contribution < -0.4 is 0 Å². The molecule has 0 bridgehead atoms. The van der Waals surface area contributed by atoms with E-state index >= 15 is 0 Å². The number of hydrogen-bond acceptors (Lipinski definition) is 3. The first-order valence-corrected chi connectivity index (χ1v) is 4.53. The van der Waals surface area contributed by atoms with Gasteiger partial charge < -0.3 is 5.11 Å². The van der Waals surface area contributed by atoms with E-state index in [2.05, 4.69) is 4.98 Å². The maximum atomic E-state index is 12.2. The minimum absolute atomic E-state index is 0.159. The lowest BCUT2D eigenvalue weighted by Crippen LogP contribution is -2.21. The molecule has 0 saturated carbocycles. The van der Waals surface area contributed by atoms with Gasteiger partial charge in [0.15, 0.2) is 5.78 Å². The van der Waals surface area contributed by atoms with Gasteiger partial charge in [0.1, 0.15) is 11.6 Å². The molecule has 0 aliphatic heterocycles. The monoisotopic (exact) mass is 247 g/mol. The first-order chi connectivity index (χ1) is 7.73. The third-order valence-corrected chi connectivity index (χ3v) is 2.10. The molecule has 17 heavy (non-hydrogen) atoms. The van der Waals surface area contributed by atoms with Crippen LogP contribution in [-0.4, -0.2) is 21.8 Å². The van der Waals surface area contributed by atoms with Crippen molar-refractivity contribution in [3.05, 3.63) is 29.6 Å². The van der Waals surface area contributed by atoms with E-state index in [1.165, 1.54) is 0 Å². The zero-order valence-electron chi connectivity index (χ0n) is 8.65. The standard InChI is InChI=1S/C10H8F3NO3/c1-5(9(16)17)8(15)6-2-3-7(14-4-6)10(11,12)13/h2-5H,1H3,(H,16,17). The van der Waals surface area contributed by atoms with E-state index in [0.717, 1.165) is 19.2 Å². The van der Waals surface area contributed by atoms with E-state index in [-0.39, 0.29) is 5.56 Å². The van der Waals surface area contributed by atoms with Crippen LogP contribution >= 0.6 is 0 Å². The summed E-state index contributed by atoms with van der Waals surface area (Å²) in [5.41, 5.74) is -1.29. The van der Waals surface area contributed by atoms with Crippen molar-refractivity contribution < 1.29 is 27.9 Å². The molecular weight excluding hydrogens is 239 g/mol. The lowest BCUT2D eigenvalue weighted by atomic mass is 10.0. The number of carbonyl (C=O) groups excluding carboxylic acids is 1. The smallest absolute Gasteiger partial charge is 0.433 e. The van der Waals surface area contributed by atoms with Gasteiger partial charge in [0.2, 0.25) is 0 Å². The van der Waals surface area contributed by atoms with Gasteiger partial charge in [-0.05, 0) is 19.1 Å². The molecule has 0 spiro atoms. The Kier molecular flexibility index (Phi) is 3.50. The average Bonchev–Trinajstić information content (AvgIpc) is 2.26. The topological polar surface area (TPSA) is 67.3 Å². The second-order valence-electron chi connectivity index (χ2n) is 3.35. The number of aromatic nitrogens is 1. The fourth-order valence-electron chi connectivity index (χ4n) is 1.07. The zero-order valence-corrected chi connectivity index (χ0v) is 8.65. The average molecular weight is 247 g/mol. The van der Waals surface area contributed by atoms with Crippen LogP contribution in [0, 0.1) is 5.92 Å². The minimum Gasteiger partial charge on any atom is -0.481 e. The quantitative estimate of drug-likeness (QED) is 0.655. The van der Waals surface area contributed by atoms with Crippen molar-refractivity contribution in [1.29, 1.82) is 0 Å². The molecule has 0 radical (unpaired) electrons. The first-order valence-electron chi connectivity index (χ1n) is 4.53. The molecule has 1 N–H and O–H groups in total. The molecule has 1 heterocycles. The normalized spacial score (nSPS) is 13.2. The number of pyridine rings is 1. The second kappa shape index (κ2) is 4.52. The molecule has 1 atom stereocenters. The number of ketones is 1. The Morgan fingerprint density at radius 1 is 1.35 bits per heavy atom. The molecule has 0 fully saturated rings. The van der Waals surface area contributed by atoms with E-state index in [9.17, 15) is 22.8 Å². The Labute approximate surface area is 94.1 Å². The van der Waals surface area contributed by atoms with Crippen LogP contribution in [0.4, 0.5) is 13.2 Å². The number of nitrogens with zero attached hydrogens (tertiary/aromatic N) is 1. The fraction of sp³-hybridized carbons (Fsp3) is 0.300. The van der Waals surface area contributed by atoms with Crippen molar-refractivity contribution in [2.45, 2.75) is 13.1 Å². The maximum absolute atomic E-state index is 12.2. The second-order valence-corrected chi connectivity index (χ2v) is 3.35. The van der Waals surface area contributed by atoms with E-state index in [1.807, 2.05) is 0 Å². The van der Waals surface area contributed by atoms with Crippen molar-refractivity contribution in [3.8, 4) is 0 Å². The summed E-state index contributed by atoms with van der Waals surface area (Å²) in [6.45, 7) is 1.16. The van der Waals surface area contributed by atoms with Crippen LogP contribution in [0.2, 0.25) is 0 Å². The fourth-order valence-corrected chi connectivity index (χ4v) is 1.07. The van der Waals surface area contributed by atoms with Gasteiger partial charge in [-0.15, -0.1) is 0 Å². The summed E-state index contributed by atoms with van der Waals surface area (Å²) in [5.74, 6) is -3.43. The molecule has 4 nitrogen and oxygen atoms in total. The maximum Gasteiger partial charge on any atom is 0.433 e. The Morgan fingerprint density at radius 2 is 1.94 bits per heavy atom. The third-order valence-electron chi connectivity index (χ3n) is 2.10. The number of aliphatic carboxylic acids is 1. The van der Waals surface area contributed by atoms with Crippen LogP contribution in [0.15, 0.2) is 18.3 Å². The lowest BCUT2D eigenvalue weighted by molar-refractivity contribution is -0.141. The van der Waals surface area contributed by atoms with Gasteiger partial charge in [-0.1, -0.05) is 0 Å². The summed E-state index contributed by atoms with van der Waals surface area (Å²) in [7, 11) is 0. The zero-order chi connectivity index (χ0) is 13.2. The van der Waals surface area contributed by atoms with Gasteiger partial charge in [-0.2, -0.15) is 13.2 Å². The van der Waals surface area contributed by atoms with Gasteiger partial charge in [-0.3, -0.25) is 14.6 Å². The van der Waals surface area contributed by atoms with Crippen LogP contribution in [-0.2, 0) is 11.0 Å².